The Morgan fingerprint density at radius 1 is 1.04 bits per heavy atom. The minimum atomic E-state index is -0.0320. The van der Waals surface area contributed by atoms with E-state index in [2.05, 4.69) is 13.8 Å². The number of Topliss-reactive ketones (excluding diaryl/α,β-unsaturated/α-hetero) is 1. The van der Waals surface area contributed by atoms with Crippen LogP contribution in [0.25, 0.3) is 0 Å². The van der Waals surface area contributed by atoms with Crippen molar-refractivity contribution in [2.45, 2.75) is 91.1 Å². The summed E-state index contributed by atoms with van der Waals surface area (Å²) in [7, 11) is 0. The van der Waals surface area contributed by atoms with Crippen LogP contribution in [0.5, 0.6) is 0 Å². The van der Waals surface area contributed by atoms with Gasteiger partial charge in [-0.2, -0.15) is 0 Å². The van der Waals surface area contributed by atoms with E-state index in [1.807, 2.05) is 6.92 Å². The van der Waals surface area contributed by atoms with Gasteiger partial charge >= 0.3 is 5.97 Å². The van der Waals surface area contributed by atoms with E-state index in [0.717, 1.165) is 37.5 Å². The summed E-state index contributed by atoms with van der Waals surface area (Å²) in [6.45, 7) is 6.78. The van der Waals surface area contributed by atoms with Gasteiger partial charge < -0.3 is 4.74 Å². The third-order valence-electron chi connectivity index (χ3n) is 8.96. The van der Waals surface area contributed by atoms with Crippen molar-refractivity contribution >= 4 is 11.8 Å². The van der Waals surface area contributed by atoms with Crippen LogP contribution >= 0.6 is 0 Å². The van der Waals surface area contributed by atoms with Crippen LogP contribution in [0.4, 0.5) is 0 Å². The highest BCUT2D eigenvalue weighted by Crippen LogP contribution is 2.66. The van der Waals surface area contributed by atoms with Crippen molar-refractivity contribution in [3.63, 3.8) is 0 Å². The average molecular weight is 347 g/mol. The van der Waals surface area contributed by atoms with E-state index in [4.69, 9.17) is 4.74 Å². The van der Waals surface area contributed by atoms with Crippen LogP contribution in [-0.2, 0) is 14.3 Å². The molecule has 4 rings (SSSR count). The van der Waals surface area contributed by atoms with Crippen LogP contribution in [0.15, 0.2) is 0 Å². The molecule has 0 spiro atoms. The molecular formula is C22H34O3. The van der Waals surface area contributed by atoms with Gasteiger partial charge in [0, 0.05) is 24.7 Å². The number of hydrogen-bond donors (Lipinski definition) is 0. The number of esters is 1. The van der Waals surface area contributed by atoms with Gasteiger partial charge in [0.1, 0.15) is 11.9 Å². The zero-order chi connectivity index (χ0) is 17.8. The van der Waals surface area contributed by atoms with Crippen LogP contribution < -0.4 is 0 Å². The lowest BCUT2D eigenvalue weighted by Gasteiger charge is -2.60. The van der Waals surface area contributed by atoms with E-state index in [1.165, 1.54) is 32.1 Å². The van der Waals surface area contributed by atoms with E-state index in [0.29, 0.717) is 29.5 Å². The summed E-state index contributed by atoms with van der Waals surface area (Å²) in [5, 5.41) is 0. The number of ketones is 1. The molecule has 0 saturated heterocycles. The fourth-order valence-corrected chi connectivity index (χ4v) is 7.43. The first-order chi connectivity index (χ1) is 11.9. The van der Waals surface area contributed by atoms with Crippen molar-refractivity contribution in [2.24, 2.45) is 34.5 Å². The maximum Gasteiger partial charge on any atom is 0.305 e. The third-order valence-corrected chi connectivity index (χ3v) is 8.96. The summed E-state index contributed by atoms with van der Waals surface area (Å²) in [5.41, 5.74) is 0.552. The molecule has 0 heterocycles. The molecule has 3 heteroatoms. The molecular weight excluding hydrogens is 312 g/mol. The van der Waals surface area contributed by atoms with Gasteiger partial charge in [-0.3, -0.25) is 9.59 Å². The quantitative estimate of drug-likeness (QED) is 0.667. The molecule has 0 aromatic carbocycles. The molecule has 0 bridgehead atoms. The van der Waals surface area contributed by atoms with E-state index in [1.54, 1.807) is 0 Å². The van der Waals surface area contributed by atoms with Crippen molar-refractivity contribution in [3.8, 4) is 0 Å². The van der Waals surface area contributed by atoms with Gasteiger partial charge in [0.15, 0.2) is 0 Å². The highest BCUT2D eigenvalue weighted by Gasteiger charge is 2.61. The normalized spacial score (nSPS) is 49.1. The first kappa shape index (κ1) is 17.5. The van der Waals surface area contributed by atoms with Gasteiger partial charge in [0.2, 0.25) is 0 Å². The summed E-state index contributed by atoms with van der Waals surface area (Å²) in [6.07, 6.45) is 10.6. The Kier molecular flexibility index (Phi) is 4.28. The highest BCUT2D eigenvalue weighted by atomic mass is 16.5. The molecule has 0 radical (unpaired) electrons. The number of ether oxygens (including phenoxy) is 1. The summed E-state index contributed by atoms with van der Waals surface area (Å²) in [5.74, 6) is 3.34. The molecule has 25 heavy (non-hydrogen) atoms. The molecule has 0 aromatic heterocycles. The van der Waals surface area contributed by atoms with Crippen LogP contribution in [0.3, 0.4) is 0 Å². The first-order valence-electron chi connectivity index (χ1n) is 10.6. The third kappa shape index (κ3) is 2.59. The number of carbonyl (C=O) groups is 2. The lowest BCUT2D eigenvalue weighted by atomic mass is 9.45. The average Bonchev–Trinajstić information content (AvgIpc) is 2.92. The molecule has 3 nitrogen and oxygen atoms in total. The van der Waals surface area contributed by atoms with Gasteiger partial charge in [-0.15, -0.1) is 0 Å². The molecule has 0 aromatic rings. The predicted molar refractivity (Wildman–Crippen MR) is 96.9 cm³/mol. The standard InChI is InChI=1S/C22H34O3/c1-4-20(24)25-19-8-7-17-16-6-5-14-13-15(23)9-11-21(14,2)18(16)10-12-22(17,19)3/h14,16-19H,4-13H2,1-3H3/t14-,16?,17?,18?,19?,21?,22?/m1/s1. The summed E-state index contributed by atoms with van der Waals surface area (Å²) < 4.78 is 5.87. The van der Waals surface area contributed by atoms with Crippen molar-refractivity contribution in [1.82, 2.24) is 0 Å². The predicted octanol–water partition coefficient (Wildman–Crippen LogP) is 4.92. The Balaban J connectivity index is 1.56. The molecule has 4 aliphatic carbocycles. The van der Waals surface area contributed by atoms with Crippen molar-refractivity contribution < 1.29 is 14.3 Å². The Morgan fingerprint density at radius 2 is 1.80 bits per heavy atom. The second-order valence-electron chi connectivity index (χ2n) is 9.85. The number of fused-ring (bicyclic) bond motifs is 5. The Hall–Kier alpha value is -0.860. The number of carbonyl (C=O) groups excluding carboxylic acids is 2. The Labute approximate surface area is 152 Å². The largest absolute Gasteiger partial charge is 0.462 e. The molecule has 0 amide bonds. The molecule has 0 N–H and O–H groups in total. The Morgan fingerprint density at radius 3 is 2.56 bits per heavy atom. The minimum absolute atomic E-state index is 0.0320. The topological polar surface area (TPSA) is 43.4 Å². The van der Waals surface area contributed by atoms with Crippen LogP contribution in [0, 0.1) is 34.5 Å². The van der Waals surface area contributed by atoms with Gasteiger partial charge in [-0.05, 0) is 74.0 Å². The number of rotatable bonds is 2. The fourth-order valence-electron chi connectivity index (χ4n) is 7.43. The van der Waals surface area contributed by atoms with Gasteiger partial charge in [-0.1, -0.05) is 20.8 Å². The molecule has 4 fully saturated rings. The maximum absolute atomic E-state index is 12.0. The van der Waals surface area contributed by atoms with Crippen LogP contribution in [-0.4, -0.2) is 17.9 Å². The van der Waals surface area contributed by atoms with E-state index >= 15 is 0 Å². The van der Waals surface area contributed by atoms with Gasteiger partial charge in [0.25, 0.3) is 0 Å². The van der Waals surface area contributed by atoms with E-state index in [-0.39, 0.29) is 17.5 Å². The molecule has 140 valence electrons. The van der Waals surface area contributed by atoms with Crippen molar-refractivity contribution in [3.05, 3.63) is 0 Å². The first-order valence-corrected chi connectivity index (χ1v) is 10.6. The molecule has 7 atom stereocenters. The second kappa shape index (κ2) is 6.09. The fraction of sp³-hybridized carbons (Fsp3) is 0.909. The van der Waals surface area contributed by atoms with Gasteiger partial charge in [-0.25, -0.2) is 0 Å². The number of hydrogen-bond acceptors (Lipinski definition) is 3. The lowest BCUT2D eigenvalue weighted by molar-refractivity contribution is -0.163. The Bertz CT molecular complexity index is 570. The second-order valence-corrected chi connectivity index (χ2v) is 9.85. The maximum atomic E-state index is 12.0. The minimum Gasteiger partial charge on any atom is -0.462 e. The summed E-state index contributed by atoms with van der Waals surface area (Å²) >= 11 is 0. The lowest BCUT2D eigenvalue weighted by Crippen LogP contribution is -2.54. The van der Waals surface area contributed by atoms with Crippen LogP contribution in [0.1, 0.15) is 85.0 Å². The smallest absolute Gasteiger partial charge is 0.305 e. The monoisotopic (exact) mass is 346 g/mol. The summed E-state index contributed by atoms with van der Waals surface area (Å²) in [6, 6.07) is 0. The zero-order valence-corrected chi connectivity index (χ0v) is 16.2. The molecule has 4 aliphatic rings. The molecule has 4 saturated carbocycles. The summed E-state index contributed by atoms with van der Waals surface area (Å²) in [4.78, 5) is 23.9. The molecule has 6 unspecified atom stereocenters. The SMILES string of the molecule is CCC(=O)OC1CCC2C3CC[C@@H]4CC(=O)CCC4(C)C3CCC12C. The van der Waals surface area contributed by atoms with E-state index < -0.39 is 0 Å². The van der Waals surface area contributed by atoms with Crippen molar-refractivity contribution in [1.29, 1.82) is 0 Å². The van der Waals surface area contributed by atoms with Crippen molar-refractivity contribution in [2.75, 3.05) is 0 Å². The van der Waals surface area contributed by atoms with Gasteiger partial charge in [0.05, 0.1) is 0 Å². The zero-order valence-electron chi connectivity index (χ0n) is 16.2. The van der Waals surface area contributed by atoms with Crippen LogP contribution in [0.2, 0.25) is 0 Å². The van der Waals surface area contributed by atoms with E-state index in [9.17, 15) is 9.59 Å². The molecule has 0 aliphatic heterocycles. The highest BCUT2D eigenvalue weighted by molar-refractivity contribution is 5.79.